The van der Waals surface area contributed by atoms with Gasteiger partial charge in [-0.05, 0) is 117 Å². The van der Waals surface area contributed by atoms with Crippen molar-refractivity contribution in [2.75, 3.05) is 43.0 Å². The number of nitrogens with zero attached hydrogens (tertiary/aromatic N) is 4. The number of nitrogens with one attached hydrogen (secondary N) is 3. The number of pyridine rings is 1. The van der Waals surface area contributed by atoms with Crippen LogP contribution >= 0.6 is 0 Å². The van der Waals surface area contributed by atoms with Crippen molar-refractivity contribution < 1.29 is 37.1 Å². The molecule has 70 heavy (non-hydrogen) atoms. The van der Waals surface area contributed by atoms with E-state index >= 15 is 0 Å². The smallest absolute Gasteiger partial charge is 0.297 e. The molecule has 5 heterocycles. The predicted molar refractivity (Wildman–Crippen MR) is 266 cm³/mol. The molecule has 4 fully saturated rings. The maximum absolute atomic E-state index is 15.0. The number of nitro benzene ring substituents is 1. The van der Waals surface area contributed by atoms with E-state index in [1.165, 1.54) is 54.8 Å². The van der Waals surface area contributed by atoms with Crippen LogP contribution in [0.4, 0.5) is 21.5 Å². The van der Waals surface area contributed by atoms with Crippen LogP contribution in [-0.4, -0.2) is 89.7 Å². The van der Waals surface area contributed by atoms with E-state index in [1.807, 2.05) is 13.8 Å². The molecule has 2 saturated heterocycles. The molecule has 0 bridgehead atoms. The van der Waals surface area contributed by atoms with Gasteiger partial charge in [0.15, 0.2) is 11.4 Å². The molecule has 5 aromatic rings. The molecule has 5 aliphatic rings. The van der Waals surface area contributed by atoms with E-state index in [9.17, 15) is 32.8 Å². The zero-order valence-electron chi connectivity index (χ0n) is 40.6. The van der Waals surface area contributed by atoms with Gasteiger partial charge in [-0.2, -0.15) is 0 Å². The molecule has 1 amide bonds. The Morgan fingerprint density at radius 3 is 2.44 bits per heavy atom. The molecule has 0 radical (unpaired) electrons. The van der Waals surface area contributed by atoms with Gasteiger partial charge in [0, 0.05) is 62.3 Å². The highest BCUT2D eigenvalue weighted by Crippen LogP contribution is 2.50. The van der Waals surface area contributed by atoms with Crippen molar-refractivity contribution in [3.8, 4) is 17.2 Å². The summed E-state index contributed by atoms with van der Waals surface area (Å²) in [6.45, 7) is 14.0. The third kappa shape index (κ3) is 9.20. The molecule has 17 heteroatoms. The number of ether oxygens (including phenoxy) is 2. The molecule has 4 N–H and O–H groups in total. The van der Waals surface area contributed by atoms with Crippen molar-refractivity contribution in [1.29, 1.82) is 0 Å². The second-order valence-electron chi connectivity index (χ2n) is 21.5. The normalized spacial score (nSPS) is 24.6. The van der Waals surface area contributed by atoms with Crippen molar-refractivity contribution in [3.63, 3.8) is 0 Å². The molecule has 15 nitrogen and oxygen atoms in total. The Morgan fingerprint density at radius 1 is 0.986 bits per heavy atom. The first kappa shape index (κ1) is 47.9. The molecular formula is C53H64FN7O8S. The van der Waals surface area contributed by atoms with Gasteiger partial charge >= 0.3 is 0 Å². The molecule has 2 saturated carbocycles. The number of aromatic amines is 1. The second kappa shape index (κ2) is 18.4. The lowest BCUT2D eigenvalue weighted by Gasteiger charge is -2.57. The first-order valence-corrected chi connectivity index (χ1v) is 26.4. The summed E-state index contributed by atoms with van der Waals surface area (Å²) in [4.78, 5) is 38.1. The van der Waals surface area contributed by atoms with Crippen LogP contribution < -0.4 is 24.4 Å². The summed E-state index contributed by atoms with van der Waals surface area (Å²) >= 11 is 0. The minimum Gasteiger partial charge on any atom is -0.489 e. The van der Waals surface area contributed by atoms with E-state index in [-0.39, 0.29) is 63.8 Å². The van der Waals surface area contributed by atoms with Crippen molar-refractivity contribution in [1.82, 2.24) is 19.6 Å². The third-order valence-electron chi connectivity index (χ3n) is 16.0. The number of fused-ring (bicyclic) bond motifs is 2. The standard InChI is InChI=1S/C53H64FN7O8S/c1-31(2)36-9-6-7-10-37(36)38-11-8-12-43(38)60-29-53(30-60)19-21-59(22-20-53)34-13-14-39(45(23-34)69-47-26-40-41(54)27-55-50(40)57-48(47)32(3)4)51(62)58-70(66,67)35-24-44(61(64)65)49-46(25-35)68-28-42(56-49)33-15-17-52(5,63)18-16-33/h6-7,9-10,13-14,23-27,31-33,38,42-43,56,63H,8,11-12,15-22,28-30H2,1-5H3,(H,55,57)(H,58,62)/t33?,38-,42-,43-,52?/m1/s1. The topological polar surface area (TPSA) is 192 Å². The maximum Gasteiger partial charge on any atom is 0.297 e. The number of piperidine rings is 1. The number of nitro groups is 1. The number of sulfonamides is 1. The average molecular weight is 978 g/mol. The van der Waals surface area contributed by atoms with E-state index in [1.54, 1.807) is 19.1 Å². The number of H-pyrrole nitrogens is 1. The molecule has 0 unspecified atom stereocenters. The van der Waals surface area contributed by atoms with Gasteiger partial charge in [-0.1, -0.05) is 58.4 Å². The Labute approximate surface area is 408 Å². The number of aliphatic hydroxyl groups is 1. The molecule has 1 spiro atoms. The largest absolute Gasteiger partial charge is 0.489 e. The zero-order chi connectivity index (χ0) is 49.3. The first-order chi connectivity index (χ1) is 33.4. The number of rotatable bonds is 12. The Hall–Kier alpha value is -5.78. The zero-order valence-corrected chi connectivity index (χ0v) is 41.4. The van der Waals surface area contributed by atoms with Crippen LogP contribution in [0.2, 0.25) is 0 Å². The fourth-order valence-corrected chi connectivity index (χ4v) is 13.0. The Balaban J connectivity index is 0.892. The minimum atomic E-state index is -4.73. The third-order valence-corrected chi connectivity index (χ3v) is 17.3. The second-order valence-corrected chi connectivity index (χ2v) is 23.2. The average Bonchev–Trinajstić information content (AvgIpc) is 3.96. The van der Waals surface area contributed by atoms with Crippen LogP contribution in [0.15, 0.2) is 71.8 Å². The van der Waals surface area contributed by atoms with Crippen LogP contribution in [0.3, 0.4) is 0 Å². The fraction of sp³-hybridized carbons (Fsp3) is 0.509. The Morgan fingerprint density at radius 2 is 1.73 bits per heavy atom. The number of likely N-dealkylation sites (tertiary alicyclic amines) is 1. The van der Waals surface area contributed by atoms with E-state index in [4.69, 9.17) is 9.47 Å². The van der Waals surface area contributed by atoms with Crippen molar-refractivity contribution in [2.24, 2.45) is 11.3 Å². The molecular weight excluding hydrogens is 914 g/mol. The Bertz CT molecular complexity index is 2930. The summed E-state index contributed by atoms with van der Waals surface area (Å²) < 4.78 is 57.9. The van der Waals surface area contributed by atoms with Crippen LogP contribution in [0, 0.1) is 27.3 Å². The summed E-state index contributed by atoms with van der Waals surface area (Å²) in [5.74, 6) is -0.413. The summed E-state index contributed by atoms with van der Waals surface area (Å²) in [6, 6.07) is 17.9. The molecule has 3 atom stereocenters. The monoisotopic (exact) mass is 977 g/mol. The maximum atomic E-state index is 15.0. The van der Waals surface area contributed by atoms with Gasteiger partial charge in [0.05, 0.1) is 38.1 Å². The van der Waals surface area contributed by atoms with E-state index in [0.29, 0.717) is 54.9 Å². The summed E-state index contributed by atoms with van der Waals surface area (Å²) in [7, 11) is -4.73. The van der Waals surface area contributed by atoms with Gasteiger partial charge in [-0.25, -0.2) is 22.5 Å². The molecule has 10 rings (SSSR count). The lowest BCUT2D eigenvalue weighted by atomic mass is 9.70. The fourth-order valence-electron chi connectivity index (χ4n) is 12.0. The summed E-state index contributed by atoms with van der Waals surface area (Å²) in [6.07, 6.45) is 9.43. The van der Waals surface area contributed by atoms with Crippen molar-refractivity contribution in [2.45, 2.75) is 133 Å². The number of amides is 1. The molecule has 2 aliphatic carbocycles. The number of hydrogen-bond donors (Lipinski definition) is 4. The number of benzene rings is 3. The van der Waals surface area contributed by atoms with Crippen LogP contribution in [0.25, 0.3) is 11.0 Å². The molecule has 2 aromatic heterocycles. The number of anilines is 2. The van der Waals surface area contributed by atoms with Gasteiger partial charge in [-0.3, -0.25) is 19.8 Å². The highest BCUT2D eigenvalue weighted by molar-refractivity contribution is 7.90. The summed E-state index contributed by atoms with van der Waals surface area (Å²) in [5, 5.41) is 26.4. The van der Waals surface area contributed by atoms with Gasteiger partial charge in [0.1, 0.15) is 29.6 Å². The van der Waals surface area contributed by atoms with E-state index in [2.05, 4.69) is 67.9 Å². The van der Waals surface area contributed by atoms with Crippen LogP contribution in [0.5, 0.6) is 17.2 Å². The number of hydrogen-bond acceptors (Lipinski definition) is 12. The van der Waals surface area contributed by atoms with Crippen molar-refractivity contribution >= 4 is 44.0 Å². The number of aromatic nitrogens is 2. The lowest BCUT2D eigenvalue weighted by Crippen LogP contribution is -2.63. The molecule has 3 aromatic carbocycles. The Kier molecular flexibility index (Phi) is 12.6. The quantitative estimate of drug-likeness (QED) is 0.0684. The number of halogens is 1. The van der Waals surface area contributed by atoms with Gasteiger partial charge < -0.3 is 29.8 Å². The SMILES string of the molecule is CC(C)c1ccccc1[C@H]1CCC[C@H]1N1CC2(CCN(c3ccc(C(=O)NS(=O)(=O)c4cc5c(c([N+](=O)[O-])c4)N[C@@H](C4CCC(C)(O)CC4)CO5)c(Oc4cc5c(F)c[nH]c5nc4C(C)C)c3)CC2)C1. The van der Waals surface area contributed by atoms with Crippen LogP contribution in [-0.2, 0) is 10.0 Å². The summed E-state index contributed by atoms with van der Waals surface area (Å²) in [5.41, 5.74) is 3.46. The van der Waals surface area contributed by atoms with E-state index < -0.39 is 42.9 Å². The van der Waals surface area contributed by atoms with Crippen LogP contribution in [0.1, 0.15) is 137 Å². The number of carbonyl (C=O) groups is 1. The van der Waals surface area contributed by atoms with Gasteiger partial charge in [0.25, 0.3) is 21.6 Å². The highest BCUT2D eigenvalue weighted by atomic mass is 32.2. The first-order valence-electron chi connectivity index (χ1n) is 25.0. The predicted octanol–water partition coefficient (Wildman–Crippen LogP) is 10.1. The van der Waals surface area contributed by atoms with Gasteiger partial charge in [-0.15, -0.1) is 0 Å². The molecule has 3 aliphatic heterocycles. The number of carbonyl (C=O) groups excluding carboxylic acids is 1. The lowest BCUT2D eigenvalue weighted by molar-refractivity contribution is -0.384. The van der Waals surface area contributed by atoms with E-state index in [0.717, 1.165) is 50.8 Å². The van der Waals surface area contributed by atoms with Crippen molar-refractivity contribution in [3.05, 3.63) is 105 Å². The minimum absolute atomic E-state index is 0.0244. The highest BCUT2D eigenvalue weighted by Gasteiger charge is 2.49. The van der Waals surface area contributed by atoms with Gasteiger partial charge in [0.2, 0.25) is 0 Å². The molecule has 372 valence electrons.